The SMILES string of the molecule is CC(=O)N(C(C)=O)N(C(C)=O)C(C)=O. The summed E-state index contributed by atoms with van der Waals surface area (Å²) in [7, 11) is 0. The number of rotatable bonds is 0. The van der Waals surface area contributed by atoms with E-state index in [9.17, 15) is 19.2 Å². The second-order valence-corrected chi connectivity index (χ2v) is 2.70. The van der Waals surface area contributed by atoms with Crippen LogP contribution in [0.2, 0.25) is 0 Å². The van der Waals surface area contributed by atoms with E-state index in [4.69, 9.17) is 0 Å². The average molecular weight is 200 g/mol. The summed E-state index contributed by atoms with van der Waals surface area (Å²) in [6.07, 6.45) is 0. The molecule has 0 aromatic heterocycles. The summed E-state index contributed by atoms with van der Waals surface area (Å²) in [5, 5.41) is 1.01. The van der Waals surface area contributed by atoms with Crippen LogP contribution in [0.25, 0.3) is 0 Å². The number of nitrogens with zero attached hydrogens (tertiary/aromatic N) is 2. The molecule has 0 radical (unpaired) electrons. The lowest BCUT2D eigenvalue weighted by Crippen LogP contribution is -2.52. The van der Waals surface area contributed by atoms with Crippen molar-refractivity contribution in [2.24, 2.45) is 0 Å². The van der Waals surface area contributed by atoms with E-state index in [0.717, 1.165) is 27.7 Å². The normalized spacial score (nSPS) is 9.14. The highest BCUT2D eigenvalue weighted by Gasteiger charge is 2.28. The van der Waals surface area contributed by atoms with Crippen LogP contribution in [-0.2, 0) is 19.2 Å². The monoisotopic (exact) mass is 200 g/mol. The molecule has 0 unspecified atom stereocenters. The molecule has 0 aromatic carbocycles. The van der Waals surface area contributed by atoms with Crippen molar-refractivity contribution in [3.63, 3.8) is 0 Å². The van der Waals surface area contributed by atoms with Gasteiger partial charge in [-0.1, -0.05) is 0 Å². The second-order valence-electron chi connectivity index (χ2n) is 2.70. The van der Waals surface area contributed by atoms with Gasteiger partial charge in [0, 0.05) is 27.7 Å². The van der Waals surface area contributed by atoms with E-state index in [0.29, 0.717) is 10.0 Å². The summed E-state index contributed by atoms with van der Waals surface area (Å²) in [5.74, 6) is -2.71. The van der Waals surface area contributed by atoms with Crippen LogP contribution in [0.1, 0.15) is 27.7 Å². The minimum atomic E-state index is -0.678. The molecule has 0 fully saturated rings. The highest BCUT2D eigenvalue weighted by molar-refractivity contribution is 6.01. The molecule has 0 spiro atoms. The zero-order valence-corrected chi connectivity index (χ0v) is 8.53. The molecule has 6 heteroatoms. The number of hydrogen-bond acceptors (Lipinski definition) is 4. The zero-order valence-electron chi connectivity index (χ0n) is 8.53. The third-order valence-corrected chi connectivity index (χ3v) is 1.39. The van der Waals surface area contributed by atoms with E-state index in [1.807, 2.05) is 0 Å². The molecule has 0 atom stereocenters. The first-order valence-electron chi connectivity index (χ1n) is 3.91. The molecule has 0 aromatic rings. The van der Waals surface area contributed by atoms with E-state index >= 15 is 0 Å². The van der Waals surface area contributed by atoms with Crippen molar-refractivity contribution in [1.82, 2.24) is 10.0 Å². The fourth-order valence-corrected chi connectivity index (χ4v) is 1.01. The molecule has 0 aliphatic carbocycles. The molecule has 0 bridgehead atoms. The largest absolute Gasteiger partial charge is 0.273 e. The van der Waals surface area contributed by atoms with Crippen LogP contribution in [-0.4, -0.2) is 33.6 Å². The van der Waals surface area contributed by atoms with E-state index in [2.05, 4.69) is 0 Å². The third kappa shape index (κ3) is 2.65. The molecule has 0 N–H and O–H groups in total. The highest BCUT2D eigenvalue weighted by atomic mass is 16.2. The van der Waals surface area contributed by atoms with Crippen LogP contribution in [0, 0.1) is 0 Å². The molecule has 0 rings (SSSR count). The quantitative estimate of drug-likeness (QED) is 0.503. The maximum absolute atomic E-state index is 11.0. The number of hydrazine groups is 1. The lowest BCUT2D eigenvalue weighted by Gasteiger charge is -2.27. The van der Waals surface area contributed by atoms with E-state index in [1.54, 1.807) is 0 Å². The Kier molecular flexibility index (Phi) is 3.95. The first kappa shape index (κ1) is 12.3. The Morgan fingerprint density at radius 1 is 0.571 bits per heavy atom. The lowest BCUT2D eigenvalue weighted by atomic mass is 10.5. The van der Waals surface area contributed by atoms with Crippen molar-refractivity contribution in [3.05, 3.63) is 0 Å². The summed E-state index contributed by atoms with van der Waals surface area (Å²) in [6, 6.07) is 0. The molecule has 6 nitrogen and oxygen atoms in total. The number of hydrogen-bond donors (Lipinski definition) is 0. The molecule has 78 valence electrons. The van der Waals surface area contributed by atoms with Gasteiger partial charge in [-0.3, -0.25) is 19.2 Å². The zero-order chi connectivity index (χ0) is 11.5. The predicted octanol–water partition coefficient (Wildman–Crippen LogP) is -0.309. The van der Waals surface area contributed by atoms with Crippen molar-refractivity contribution in [3.8, 4) is 0 Å². The van der Waals surface area contributed by atoms with Gasteiger partial charge in [-0.25, -0.2) is 0 Å². The first-order valence-corrected chi connectivity index (χ1v) is 3.91. The van der Waals surface area contributed by atoms with Crippen molar-refractivity contribution in [1.29, 1.82) is 0 Å². The van der Waals surface area contributed by atoms with E-state index in [-0.39, 0.29) is 0 Å². The lowest BCUT2D eigenvalue weighted by molar-refractivity contribution is -0.176. The summed E-state index contributed by atoms with van der Waals surface area (Å²) < 4.78 is 0. The van der Waals surface area contributed by atoms with Gasteiger partial charge in [0.25, 0.3) is 0 Å². The molecule has 0 saturated heterocycles. The maximum atomic E-state index is 11.0. The molecule has 0 aliphatic rings. The molecular weight excluding hydrogens is 188 g/mol. The molecular formula is C8H12N2O4. The Bertz CT molecular complexity index is 240. The first-order chi connectivity index (χ1) is 6.29. The summed E-state index contributed by atoms with van der Waals surface area (Å²) in [5.41, 5.74) is 0. The van der Waals surface area contributed by atoms with Gasteiger partial charge in [0.1, 0.15) is 0 Å². The predicted molar refractivity (Wildman–Crippen MR) is 46.4 cm³/mol. The van der Waals surface area contributed by atoms with Gasteiger partial charge in [0.2, 0.25) is 23.6 Å². The fourth-order valence-electron chi connectivity index (χ4n) is 1.01. The van der Waals surface area contributed by atoms with Crippen LogP contribution in [0.5, 0.6) is 0 Å². The summed E-state index contributed by atoms with van der Waals surface area (Å²) in [4.78, 5) is 44.0. The van der Waals surface area contributed by atoms with Crippen molar-refractivity contribution >= 4 is 23.6 Å². The molecule has 0 saturated carbocycles. The Morgan fingerprint density at radius 3 is 0.786 bits per heavy atom. The van der Waals surface area contributed by atoms with Gasteiger partial charge >= 0.3 is 0 Å². The fraction of sp³-hybridized carbons (Fsp3) is 0.500. The molecule has 4 amide bonds. The Balaban J connectivity index is 5.13. The Labute approximate surface area is 81.4 Å². The van der Waals surface area contributed by atoms with Gasteiger partial charge in [-0.15, -0.1) is 0 Å². The van der Waals surface area contributed by atoms with Gasteiger partial charge in [-0.2, -0.15) is 10.0 Å². The molecule has 14 heavy (non-hydrogen) atoms. The minimum absolute atomic E-state index is 0.505. The smallest absolute Gasteiger partial charge is 0.245 e. The average Bonchev–Trinajstić information content (AvgIpc) is 1.96. The van der Waals surface area contributed by atoms with Crippen LogP contribution >= 0.6 is 0 Å². The van der Waals surface area contributed by atoms with Gasteiger partial charge in [0.15, 0.2) is 0 Å². The third-order valence-electron chi connectivity index (χ3n) is 1.39. The highest BCUT2D eigenvalue weighted by Crippen LogP contribution is 2.01. The van der Waals surface area contributed by atoms with Crippen LogP contribution in [0.15, 0.2) is 0 Å². The van der Waals surface area contributed by atoms with Gasteiger partial charge < -0.3 is 0 Å². The van der Waals surface area contributed by atoms with Crippen molar-refractivity contribution < 1.29 is 19.2 Å². The van der Waals surface area contributed by atoms with Crippen LogP contribution < -0.4 is 0 Å². The van der Waals surface area contributed by atoms with Crippen molar-refractivity contribution in [2.45, 2.75) is 27.7 Å². The minimum Gasteiger partial charge on any atom is -0.273 e. The topological polar surface area (TPSA) is 74.8 Å². The number of carbonyl (C=O) groups is 4. The number of amides is 4. The second kappa shape index (κ2) is 4.50. The van der Waals surface area contributed by atoms with E-state index < -0.39 is 23.6 Å². The standard InChI is InChI=1S/C8H12N2O4/c1-5(11)9(6(2)12)10(7(3)13)8(4)14/h1-4H3. The van der Waals surface area contributed by atoms with Gasteiger partial charge in [0.05, 0.1) is 0 Å². The molecule has 0 heterocycles. The van der Waals surface area contributed by atoms with Crippen LogP contribution in [0.3, 0.4) is 0 Å². The number of imide groups is 2. The summed E-state index contributed by atoms with van der Waals surface area (Å²) in [6.45, 7) is 4.39. The number of carbonyl (C=O) groups excluding carboxylic acids is 4. The molecule has 0 aliphatic heterocycles. The summed E-state index contributed by atoms with van der Waals surface area (Å²) >= 11 is 0. The van der Waals surface area contributed by atoms with Gasteiger partial charge in [-0.05, 0) is 0 Å². The maximum Gasteiger partial charge on any atom is 0.245 e. The Hall–Kier alpha value is -1.72. The van der Waals surface area contributed by atoms with E-state index in [1.165, 1.54) is 0 Å². The van der Waals surface area contributed by atoms with Crippen LogP contribution in [0.4, 0.5) is 0 Å². The Morgan fingerprint density at radius 2 is 0.714 bits per heavy atom. The van der Waals surface area contributed by atoms with Crippen molar-refractivity contribution in [2.75, 3.05) is 0 Å².